The fourth-order valence-corrected chi connectivity index (χ4v) is 2.78. The molecular formula is C11H15N2OS-. The SMILES string of the molecule is N=[S-](=O)CCC1(c2ccccn2)CCC1. The minimum Gasteiger partial charge on any atom is -0.445 e. The van der Waals surface area contributed by atoms with Crippen LogP contribution in [0.5, 0.6) is 0 Å². The third-order valence-electron chi connectivity index (χ3n) is 3.28. The summed E-state index contributed by atoms with van der Waals surface area (Å²) in [5, 5.41) is 0. The van der Waals surface area contributed by atoms with Crippen LogP contribution >= 0.6 is 0 Å². The Morgan fingerprint density at radius 1 is 1.47 bits per heavy atom. The van der Waals surface area contributed by atoms with Gasteiger partial charge >= 0.3 is 0 Å². The molecule has 1 fully saturated rings. The van der Waals surface area contributed by atoms with E-state index >= 15 is 0 Å². The molecule has 1 aromatic heterocycles. The van der Waals surface area contributed by atoms with E-state index in [1.165, 1.54) is 6.42 Å². The average molecular weight is 223 g/mol. The molecule has 1 aliphatic rings. The van der Waals surface area contributed by atoms with E-state index in [-0.39, 0.29) is 5.41 Å². The quantitative estimate of drug-likeness (QED) is 0.798. The molecule has 1 aliphatic carbocycles. The number of aromatic nitrogens is 1. The van der Waals surface area contributed by atoms with Crippen molar-refractivity contribution < 1.29 is 4.21 Å². The number of pyridine rings is 1. The number of hydrogen-bond acceptors (Lipinski definition) is 4. The van der Waals surface area contributed by atoms with Gasteiger partial charge in [0.05, 0.1) is 0 Å². The highest BCUT2D eigenvalue weighted by Crippen LogP contribution is 2.45. The van der Waals surface area contributed by atoms with E-state index in [0.717, 1.165) is 25.0 Å². The minimum absolute atomic E-state index is 0.123. The first-order chi connectivity index (χ1) is 7.23. The molecule has 4 heteroatoms. The second-order valence-corrected chi connectivity index (χ2v) is 5.25. The van der Waals surface area contributed by atoms with Gasteiger partial charge in [0, 0.05) is 17.3 Å². The van der Waals surface area contributed by atoms with Gasteiger partial charge in [-0.1, -0.05) is 24.7 Å². The van der Waals surface area contributed by atoms with E-state index in [1.54, 1.807) is 0 Å². The molecule has 3 nitrogen and oxygen atoms in total. The predicted octanol–water partition coefficient (Wildman–Crippen LogP) is 2.62. The van der Waals surface area contributed by atoms with E-state index < -0.39 is 10.6 Å². The molecule has 0 atom stereocenters. The van der Waals surface area contributed by atoms with Crippen LogP contribution in [0.1, 0.15) is 31.4 Å². The lowest BCUT2D eigenvalue weighted by atomic mass is 9.65. The van der Waals surface area contributed by atoms with Crippen LogP contribution in [0.4, 0.5) is 0 Å². The fourth-order valence-electron chi connectivity index (χ4n) is 2.20. The summed E-state index contributed by atoms with van der Waals surface area (Å²) in [6.07, 6.45) is 6.12. The molecule has 1 N–H and O–H groups in total. The van der Waals surface area contributed by atoms with Crippen molar-refractivity contribution in [3.05, 3.63) is 30.1 Å². The lowest BCUT2D eigenvalue weighted by Crippen LogP contribution is -2.36. The molecule has 1 heterocycles. The van der Waals surface area contributed by atoms with Crippen LogP contribution < -0.4 is 0 Å². The van der Waals surface area contributed by atoms with Gasteiger partial charge in [-0.15, -0.1) is 0 Å². The van der Waals surface area contributed by atoms with Crippen LogP contribution in [0.25, 0.3) is 0 Å². The molecule has 1 aromatic rings. The largest absolute Gasteiger partial charge is 0.445 e. The van der Waals surface area contributed by atoms with Gasteiger partial charge in [0.2, 0.25) is 0 Å². The second-order valence-electron chi connectivity index (χ2n) is 4.15. The third-order valence-corrected chi connectivity index (χ3v) is 3.86. The minimum atomic E-state index is -1.43. The Bertz CT molecular complexity index is 388. The van der Waals surface area contributed by atoms with Gasteiger partial charge in [0.15, 0.2) is 0 Å². The molecule has 1 saturated carbocycles. The van der Waals surface area contributed by atoms with E-state index in [9.17, 15) is 4.21 Å². The van der Waals surface area contributed by atoms with E-state index in [2.05, 4.69) is 4.98 Å². The molecule has 15 heavy (non-hydrogen) atoms. The highest BCUT2D eigenvalue weighted by molar-refractivity contribution is 7.73. The van der Waals surface area contributed by atoms with Crippen LogP contribution in [0.2, 0.25) is 0 Å². The van der Waals surface area contributed by atoms with E-state index in [4.69, 9.17) is 4.78 Å². The summed E-state index contributed by atoms with van der Waals surface area (Å²) in [4.78, 5) is 4.39. The number of nitrogens with zero attached hydrogens (tertiary/aromatic N) is 1. The van der Waals surface area contributed by atoms with Gasteiger partial charge < -0.3 is 8.99 Å². The topological polar surface area (TPSA) is 53.8 Å². The third kappa shape index (κ3) is 2.20. The van der Waals surface area contributed by atoms with Gasteiger partial charge in [-0.2, -0.15) is 10.6 Å². The Hall–Kier alpha value is -0.900. The molecule has 0 saturated heterocycles. The molecular weight excluding hydrogens is 208 g/mol. The average Bonchev–Trinajstić information content (AvgIpc) is 2.17. The zero-order valence-electron chi connectivity index (χ0n) is 8.61. The molecule has 2 rings (SSSR count). The monoisotopic (exact) mass is 223 g/mol. The molecule has 0 radical (unpaired) electrons. The Morgan fingerprint density at radius 2 is 2.27 bits per heavy atom. The van der Waals surface area contributed by atoms with Crippen molar-refractivity contribution in [2.75, 3.05) is 5.75 Å². The molecule has 0 aromatic carbocycles. The lowest BCUT2D eigenvalue weighted by molar-refractivity contribution is 0.229. The normalized spacial score (nSPS) is 18.7. The summed E-state index contributed by atoms with van der Waals surface area (Å²) in [6, 6.07) is 5.96. The van der Waals surface area contributed by atoms with Gasteiger partial charge in [-0.3, -0.25) is 4.98 Å². The molecule has 0 amide bonds. The van der Waals surface area contributed by atoms with Crippen molar-refractivity contribution in [3.8, 4) is 0 Å². The van der Waals surface area contributed by atoms with E-state index in [1.807, 2.05) is 24.4 Å². The van der Waals surface area contributed by atoms with Gasteiger partial charge in [-0.05, 0) is 25.0 Å². The first-order valence-electron chi connectivity index (χ1n) is 5.24. The van der Waals surface area contributed by atoms with Crippen molar-refractivity contribution in [1.82, 2.24) is 4.98 Å². The van der Waals surface area contributed by atoms with Crippen LogP contribution in [0.15, 0.2) is 24.4 Å². The summed E-state index contributed by atoms with van der Waals surface area (Å²) in [5.74, 6) is 0.469. The van der Waals surface area contributed by atoms with Crippen molar-refractivity contribution in [2.24, 2.45) is 0 Å². The Kier molecular flexibility index (Phi) is 3.05. The van der Waals surface area contributed by atoms with Crippen LogP contribution in [-0.4, -0.2) is 10.7 Å². The van der Waals surface area contributed by atoms with E-state index in [0.29, 0.717) is 5.75 Å². The summed E-state index contributed by atoms with van der Waals surface area (Å²) in [6.45, 7) is 0. The summed E-state index contributed by atoms with van der Waals surface area (Å²) >= 11 is 0. The summed E-state index contributed by atoms with van der Waals surface area (Å²) < 4.78 is 17.9. The van der Waals surface area contributed by atoms with Crippen LogP contribution in [0, 0.1) is 4.78 Å². The Balaban J connectivity index is 2.15. The summed E-state index contributed by atoms with van der Waals surface area (Å²) in [5.41, 5.74) is 1.24. The van der Waals surface area contributed by atoms with Crippen molar-refractivity contribution >= 4 is 10.6 Å². The zero-order chi connectivity index (χ0) is 10.7. The first-order valence-corrected chi connectivity index (χ1v) is 6.56. The maximum atomic E-state index is 10.8. The molecule has 82 valence electrons. The lowest BCUT2D eigenvalue weighted by Gasteiger charge is -2.42. The highest BCUT2D eigenvalue weighted by atomic mass is 32.2. The van der Waals surface area contributed by atoms with Gasteiger partial charge in [0.25, 0.3) is 0 Å². The number of hydrogen-bond donors (Lipinski definition) is 1. The second kappa shape index (κ2) is 4.31. The Labute approximate surface area is 91.9 Å². The van der Waals surface area contributed by atoms with Gasteiger partial charge in [0.1, 0.15) is 0 Å². The predicted molar refractivity (Wildman–Crippen MR) is 60.0 cm³/mol. The first kappa shape index (κ1) is 10.6. The van der Waals surface area contributed by atoms with Crippen molar-refractivity contribution in [2.45, 2.75) is 31.1 Å². The van der Waals surface area contributed by atoms with Crippen molar-refractivity contribution in [3.63, 3.8) is 0 Å². The molecule has 0 bridgehead atoms. The fraction of sp³-hybridized carbons (Fsp3) is 0.545. The maximum Gasteiger partial charge on any atom is 0.0464 e. The molecule has 0 aliphatic heterocycles. The maximum absolute atomic E-state index is 10.8. The van der Waals surface area contributed by atoms with Crippen LogP contribution in [-0.2, 0) is 20.2 Å². The molecule has 0 unspecified atom stereocenters. The Morgan fingerprint density at radius 3 is 2.73 bits per heavy atom. The zero-order valence-corrected chi connectivity index (χ0v) is 9.43. The molecule has 0 spiro atoms. The number of rotatable bonds is 4. The van der Waals surface area contributed by atoms with Gasteiger partial charge in [-0.25, -0.2) is 0 Å². The number of nitrogens with one attached hydrogen (secondary N) is 1. The van der Waals surface area contributed by atoms with Crippen LogP contribution in [0.3, 0.4) is 0 Å². The highest BCUT2D eigenvalue weighted by Gasteiger charge is 2.38. The van der Waals surface area contributed by atoms with Crippen molar-refractivity contribution in [1.29, 1.82) is 4.78 Å². The smallest absolute Gasteiger partial charge is 0.0464 e. The standard InChI is InChI=1S/C11H15N2OS/c12-15(14)9-7-11(5-3-6-11)10-4-1-2-8-13-10/h1-2,4,8,12H,3,5-7,9H2/q-1. The summed E-state index contributed by atoms with van der Waals surface area (Å²) in [7, 11) is -1.43.